The molecule has 1 fully saturated rings. The van der Waals surface area contributed by atoms with E-state index in [9.17, 15) is 8.42 Å². The average molecular weight is 276 g/mol. The number of hydrogen-bond acceptors (Lipinski definition) is 3. The Bertz CT molecular complexity index is 375. The zero-order chi connectivity index (χ0) is 13.8. The van der Waals surface area contributed by atoms with Gasteiger partial charge in [0.1, 0.15) is 5.84 Å². The van der Waals surface area contributed by atoms with Gasteiger partial charge in [0.15, 0.2) is 0 Å². The van der Waals surface area contributed by atoms with Crippen molar-refractivity contribution in [3.63, 3.8) is 0 Å². The molecule has 18 heavy (non-hydrogen) atoms. The fourth-order valence-corrected chi connectivity index (χ4v) is 3.81. The summed E-state index contributed by atoms with van der Waals surface area (Å²) in [6.45, 7) is 5.60. The molecule has 1 aliphatic rings. The maximum Gasteiger partial charge on any atom is 0.282 e. The minimum atomic E-state index is -3.46. The van der Waals surface area contributed by atoms with E-state index in [0.717, 1.165) is 19.3 Å². The van der Waals surface area contributed by atoms with Gasteiger partial charge in [0.05, 0.1) is 6.54 Å². The van der Waals surface area contributed by atoms with Crippen LogP contribution in [0.15, 0.2) is 0 Å². The van der Waals surface area contributed by atoms with Crippen molar-refractivity contribution in [2.24, 2.45) is 11.7 Å². The van der Waals surface area contributed by atoms with Gasteiger partial charge in [-0.05, 0) is 25.2 Å². The predicted octanol–water partition coefficient (Wildman–Crippen LogP) is 0.611. The smallest absolute Gasteiger partial charge is 0.282 e. The SMILES string of the molecule is CCCN(CC(=N)N)S(=O)(=O)N1CCC(C)CC1. The van der Waals surface area contributed by atoms with Crippen LogP contribution in [0.3, 0.4) is 0 Å². The van der Waals surface area contributed by atoms with E-state index in [4.69, 9.17) is 11.1 Å². The van der Waals surface area contributed by atoms with Gasteiger partial charge in [-0.25, -0.2) is 0 Å². The Morgan fingerprint density at radius 1 is 1.44 bits per heavy atom. The number of nitrogens with two attached hydrogens (primary N) is 1. The molecule has 106 valence electrons. The fourth-order valence-electron chi connectivity index (χ4n) is 2.09. The van der Waals surface area contributed by atoms with Crippen molar-refractivity contribution in [2.75, 3.05) is 26.2 Å². The van der Waals surface area contributed by atoms with Gasteiger partial charge in [0.25, 0.3) is 10.2 Å². The Kier molecular flexibility index (Phi) is 5.55. The third-order valence-electron chi connectivity index (χ3n) is 3.21. The van der Waals surface area contributed by atoms with E-state index >= 15 is 0 Å². The molecule has 1 rings (SSSR count). The first-order valence-corrected chi connectivity index (χ1v) is 7.85. The van der Waals surface area contributed by atoms with Crippen molar-refractivity contribution in [3.8, 4) is 0 Å². The molecular formula is C11H24N4O2S. The van der Waals surface area contributed by atoms with Crippen molar-refractivity contribution in [2.45, 2.75) is 33.1 Å². The van der Waals surface area contributed by atoms with Crippen molar-refractivity contribution in [1.82, 2.24) is 8.61 Å². The number of piperidine rings is 1. The van der Waals surface area contributed by atoms with Crippen LogP contribution in [0.4, 0.5) is 0 Å². The normalized spacial score (nSPS) is 19.3. The Labute approximate surface area is 110 Å². The Hall–Kier alpha value is -0.660. The molecule has 6 nitrogen and oxygen atoms in total. The molecule has 0 unspecified atom stereocenters. The third-order valence-corrected chi connectivity index (χ3v) is 5.20. The van der Waals surface area contributed by atoms with Gasteiger partial charge in [0, 0.05) is 19.6 Å². The Morgan fingerprint density at radius 3 is 2.44 bits per heavy atom. The van der Waals surface area contributed by atoms with Crippen LogP contribution in [0, 0.1) is 11.3 Å². The van der Waals surface area contributed by atoms with E-state index in [1.807, 2.05) is 6.92 Å². The predicted molar refractivity (Wildman–Crippen MR) is 72.7 cm³/mol. The standard InChI is InChI=1S/C11H24N4O2S/c1-3-6-15(9-11(12)13)18(16,17)14-7-4-10(2)5-8-14/h10H,3-9H2,1-2H3,(H3,12,13). The van der Waals surface area contributed by atoms with Crippen LogP contribution in [0.1, 0.15) is 33.1 Å². The van der Waals surface area contributed by atoms with Crippen LogP contribution >= 0.6 is 0 Å². The molecule has 0 saturated carbocycles. The second-order valence-electron chi connectivity index (χ2n) is 4.95. The van der Waals surface area contributed by atoms with E-state index < -0.39 is 10.2 Å². The molecule has 1 heterocycles. The molecule has 0 spiro atoms. The van der Waals surface area contributed by atoms with Gasteiger partial charge in [-0.3, -0.25) is 5.41 Å². The Morgan fingerprint density at radius 2 is 2.00 bits per heavy atom. The first-order valence-electron chi connectivity index (χ1n) is 6.46. The molecule has 0 aliphatic carbocycles. The summed E-state index contributed by atoms with van der Waals surface area (Å²) < 4.78 is 27.7. The molecule has 0 atom stereocenters. The van der Waals surface area contributed by atoms with Crippen LogP contribution in [-0.2, 0) is 10.2 Å². The molecule has 3 N–H and O–H groups in total. The molecule has 0 aromatic carbocycles. The third kappa shape index (κ3) is 3.93. The number of hydrogen-bond donors (Lipinski definition) is 2. The first-order chi connectivity index (χ1) is 8.37. The number of nitrogens with zero attached hydrogens (tertiary/aromatic N) is 2. The Balaban J connectivity index is 2.77. The zero-order valence-electron chi connectivity index (χ0n) is 11.2. The van der Waals surface area contributed by atoms with Crippen LogP contribution in [0.25, 0.3) is 0 Å². The van der Waals surface area contributed by atoms with Gasteiger partial charge >= 0.3 is 0 Å². The van der Waals surface area contributed by atoms with Crippen molar-refractivity contribution in [3.05, 3.63) is 0 Å². The van der Waals surface area contributed by atoms with Crippen LogP contribution in [0.5, 0.6) is 0 Å². The highest BCUT2D eigenvalue weighted by Crippen LogP contribution is 2.20. The largest absolute Gasteiger partial charge is 0.387 e. The monoisotopic (exact) mass is 276 g/mol. The zero-order valence-corrected chi connectivity index (χ0v) is 12.0. The minimum absolute atomic E-state index is 0.0117. The van der Waals surface area contributed by atoms with E-state index in [0.29, 0.717) is 25.6 Å². The number of rotatable bonds is 6. The number of nitrogens with one attached hydrogen (secondary N) is 1. The van der Waals surface area contributed by atoms with Gasteiger partial charge < -0.3 is 5.73 Å². The van der Waals surface area contributed by atoms with Crippen LogP contribution < -0.4 is 5.73 Å². The molecule has 0 aromatic heterocycles. The molecule has 0 bridgehead atoms. The highest BCUT2D eigenvalue weighted by atomic mass is 32.2. The summed E-state index contributed by atoms with van der Waals surface area (Å²) in [5, 5.41) is 7.28. The quantitative estimate of drug-likeness (QED) is 0.550. The topological polar surface area (TPSA) is 90.5 Å². The van der Waals surface area contributed by atoms with Gasteiger partial charge in [0.2, 0.25) is 0 Å². The van der Waals surface area contributed by atoms with Gasteiger partial charge in [-0.2, -0.15) is 17.0 Å². The van der Waals surface area contributed by atoms with E-state index in [1.165, 1.54) is 8.61 Å². The van der Waals surface area contributed by atoms with Gasteiger partial charge in [-0.1, -0.05) is 13.8 Å². The molecule has 1 saturated heterocycles. The first kappa shape index (κ1) is 15.4. The lowest BCUT2D eigenvalue weighted by Crippen LogP contribution is -2.49. The summed E-state index contributed by atoms with van der Waals surface area (Å²) in [5.74, 6) is 0.473. The molecule has 0 radical (unpaired) electrons. The summed E-state index contributed by atoms with van der Waals surface area (Å²) in [6, 6.07) is 0. The lowest BCUT2D eigenvalue weighted by Gasteiger charge is -2.33. The van der Waals surface area contributed by atoms with E-state index in [1.54, 1.807) is 0 Å². The lowest BCUT2D eigenvalue weighted by molar-refractivity contribution is 0.268. The maximum atomic E-state index is 12.4. The summed E-state index contributed by atoms with van der Waals surface area (Å²) in [7, 11) is -3.46. The van der Waals surface area contributed by atoms with E-state index in [-0.39, 0.29) is 12.4 Å². The highest BCUT2D eigenvalue weighted by molar-refractivity contribution is 7.86. The lowest BCUT2D eigenvalue weighted by atomic mass is 10.0. The fraction of sp³-hybridized carbons (Fsp3) is 0.909. The highest BCUT2D eigenvalue weighted by Gasteiger charge is 2.31. The molecule has 0 aromatic rings. The van der Waals surface area contributed by atoms with Crippen molar-refractivity contribution in [1.29, 1.82) is 5.41 Å². The van der Waals surface area contributed by atoms with Crippen molar-refractivity contribution >= 4 is 16.0 Å². The molecule has 7 heteroatoms. The van der Waals surface area contributed by atoms with Gasteiger partial charge in [-0.15, -0.1) is 0 Å². The van der Waals surface area contributed by atoms with Crippen molar-refractivity contribution < 1.29 is 8.42 Å². The van der Waals surface area contributed by atoms with Crippen LogP contribution in [0.2, 0.25) is 0 Å². The second-order valence-corrected chi connectivity index (χ2v) is 6.88. The number of amidine groups is 1. The molecular weight excluding hydrogens is 252 g/mol. The van der Waals surface area contributed by atoms with E-state index in [2.05, 4.69) is 6.92 Å². The summed E-state index contributed by atoms with van der Waals surface area (Å²) >= 11 is 0. The minimum Gasteiger partial charge on any atom is -0.387 e. The maximum absolute atomic E-state index is 12.4. The summed E-state index contributed by atoms with van der Waals surface area (Å²) in [4.78, 5) is 0. The average Bonchev–Trinajstić information content (AvgIpc) is 2.28. The summed E-state index contributed by atoms with van der Waals surface area (Å²) in [6.07, 6.45) is 2.52. The summed E-state index contributed by atoms with van der Waals surface area (Å²) in [5.41, 5.74) is 5.33. The molecule has 0 amide bonds. The second kappa shape index (κ2) is 6.49. The molecule has 1 aliphatic heterocycles. The van der Waals surface area contributed by atoms with Crippen LogP contribution in [-0.4, -0.2) is 49.0 Å².